The highest BCUT2D eigenvalue weighted by molar-refractivity contribution is 7.99. The molecule has 0 radical (unpaired) electrons. The molecule has 3 aliphatic heterocycles. The molecule has 0 atom stereocenters. The summed E-state index contributed by atoms with van der Waals surface area (Å²) in [7, 11) is 0. The van der Waals surface area contributed by atoms with Gasteiger partial charge in [0.25, 0.3) is 0 Å². The van der Waals surface area contributed by atoms with E-state index in [1.807, 2.05) is 5.06 Å². The first-order chi connectivity index (χ1) is 19.1. The number of hydrogen-bond donors (Lipinski definition) is 0. The minimum atomic E-state index is 0.191. The molecule has 274 valence electrons. The molecule has 3 fully saturated rings. The Morgan fingerprint density at radius 1 is 0.386 bits per heavy atom. The molecule has 3 saturated heterocycles. The minimum absolute atomic E-state index is 0.191. The quantitative estimate of drug-likeness (QED) is 0.260. The van der Waals surface area contributed by atoms with Gasteiger partial charge in [0, 0.05) is 25.3 Å². The molecule has 0 unspecified atom stereocenters. The Kier molecular flexibility index (Phi) is 33.2. The lowest BCUT2D eigenvalue weighted by Crippen LogP contribution is -2.37. The van der Waals surface area contributed by atoms with Gasteiger partial charge in [-0.25, -0.2) is 0 Å². The third-order valence-corrected chi connectivity index (χ3v) is 4.31. The van der Waals surface area contributed by atoms with Gasteiger partial charge in [-0.2, -0.15) is 16.8 Å². The number of hydroxylamine groups is 2. The maximum atomic E-state index is 5.35. The van der Waals surface area contributed by atoms with E-state index in [4.69, 9.17) is 9.57 Å². The zero-order chi connectivity index (χ0) is 36.5. The van der Waals surface area contributed by atoms with Gasteiger partial charge in [0.05, 0.1) is 6.61 Å². The van der Waals surface area contributed by atoms with Crippen molar-refractivity contribution in [2.45, 2.75) is 197 Å². The van der Waals surface area contributed by atoms with Crippen LogP contribution in [0.1, 0.15) is 191 Å². The zero-order valence-electron chi connectivity index (χ0n) is 35.5. The molecule has 4 heteroatoms. The molecule has 0 bridgehead atoms. The van der Waals surface area contributed by atoms with Crippen LogP contribution < -0.4 is 0 Å². The van der Waals surface area contributed by atoms with Crippen molar-refractivity contribution in [3.05, 3.63) is 0 Å². The zero-order valence-corrected chi connectivity index (χ0v) is 36.3. The van der Waals surface area contributed by atoms with Crippen molar-refractivity contribution in [2.24, 2.45) is 27.1 Å². The van der Waals surface area contributed by atoms with E-state index >= 15 is 0 Å². The van der Waals surface area contributed by atoms with Gasteiger partial charge in [-0.3, -0.25) is 4.84 Å². The average Bonchev–Trinajstić information content (AvgIpc) is 3.48. The predicted molar refractivity (Wildman–Crippen MR) is 209 cm³/mol. The third kappa shape index (κ3) is 133. The van der Waals surface area contributed by atoms with E-state index in [0.717, 1.165) is 26.4 Å². The predicted octanol–water partition coefficient (Wildman–Crippen LogP) is 14.0. The normalized spacial score (nSPS) is 17.0. The molecule has 0 saturated carbocycles. The highest BCUT2D eigenvalue weighted by atomic mass is 32.2. The van der Waals surface area contributed by atoms with Crippen LogP contribution in [0.2, 0.25) is 0 Å². The standard InChI is InChI=1S/C7H15NO.5C5H12.C4H8O.C4H8S/c1-7(2,3)8-5-4-6-9-8;5*1-5(2,3)4;2*1-2-4-5-3-1/h4-6H2,1-3H3;5*1-4H3;2*1-4H2. The van der Waals surface area contributed by atoms with E-state index in [2.05, 4.69) is 171 Å². The van der Waals surface area contributed by atoms with Gasteiger partial charge in [0.2, 0.25) is 0 Å². The molecule has 0 aromatic carbocycles. The summed E-state index contributed by atoms with van der Waals surface area (Å²) in [4.78, 5) is 5.35. The summed E-state index contributed by atoms with van der Waals surface area (Å²) in [6.45, 7) is 54.2. The van der Waals surface area contributed by atoms with Gasteiger partial charge in [0.15, 0.2) is 0 Å². The first-order valence-corrected chi connectivity index (χ1v) is 18.8. The van der Waals surface area contributed by atoms with E-state index in [1.54, 1.807) is 0 Å². The maximum absolute atomic E-state index is 5.35. The molecule has 0 amide bonds. The Morgan fingerprint density at radius 2 is 0.659 bits per heavy atom. The molecule has 0 spiro atoms. The number of nitrogens with zero attached hydrogens (tertiary/aromatic N) is 1. The summed E-state index contributed by atoms with van der Waals surface area (Å²) in [5.41, 5.74) is 2.69. The van der Waals surface area contributed by atoms with Crippen LogP contribution in [0.4, 0.5) is 0 Å². The van der Waals surface area contributed by atoms with Crippen molar-refractivity contribution in [3.63, 3.8) is 0 Å². The van der Waals surface area contributed by atoms with Gasteiger partial charge in [0.1, 0.15) is 0 Å². The Balaban J connectivity index is -0.000000133. The fourth-order valence-electron chi connectivity index (χ4n) is 2.00. The van der Waals surface area contributed by atoms with Crippen LogP contribution >= 0.6 is 11.8 Å². The average molecular weight is 650 g/mol. The second-order valence-corrected chi connectivity index (χ2v) is 22.3. The fraction of sp³-hybridized carbons (Fsp3) is 1.00. The minimum Gasteiger partial charge on any atom is -0.381 e. The molecule has 0 aromatic rings. The monoisotopic (exact) mass is 650 g/mol. The molecular formula is C40H91NO2S. The highest BCUT2D eigenvalue weighted by Crippen LogP contribution is 2.18. The van der Waals surface area contributed by atoms with Crippen LogP contribution in [0, 0.1) is 27.1 Å². The molecule has 3 rings (SSSR count). The summed E-state index contributed by atoms with van der Waals surface area (Å²) in [6, 6.07) is 0. The van der Waals surface area contributed by atoms with Gasteiger partial charge in [-0.1, -0.05) is 138 Å². The van der Waals surface area contributed by atoms with Crippen molar-refractivity contribution in [3.8, 4) is 0 Å². The number of ether oxygens (including phenoxy) is 1. The third-order valence-electron chi connectivity index (χ3n) is 3.16. The fourth-order valence-corrected chi connectivity index (χ4v) is 3.02. The van der Waals surface area contributed by atoms with Crippen LogP contribution in [0.3, 0.4) is 0 Å². The lowest BCUT2D eigenvalue weighted by atomic mass is 10.0. The second kappa shape index (κ2) is 27.2. The van der Waals surface area contributed by atoms with Crippen LogP contribution in [-0.4, -0.2) is 48.5 Å². The molecule has 3 nitrogen and oxygen atoms in total. The topological polar surface area (TPSA) is 21.7 Å². The van der Waals surface area contributed by atoms with E-state index in [9.17, 15) is 0 Å². The first kappa shape index (κ1) is 53.7. The van der Waals surface area contributed by atoms with Crippen molar-refractivity contribution < 1.29 is 9.57 Å². The Hall–Kier alpha value is 0.230. The summed E-state index contributed by atoms with van der Waals surface area (Å²) in [5, 5.41) is 2.05. The van der Waals surface area contributed by atoms with Crippen molar-refractivity contribution in [1.82, 2.24) is 5.06 Å². The van der Waals surface area contributed by atoms with Crippen molar-refractivity contribution in [1.29, 1.82) is 0 Å². The van der Waals surface area contributed by atoms with Crippen LogP contribution in [0.25, 0.3) is 0 Å². The van der Waals surface area contributed by atoms with E-state index in [-0.39, 0.29) is 5.54 Å². The van der Waals surface area contributed by atoms with Crippen molar-refractivity contribution >= 4 is 11.8 Å². The summed E-state index contributed by atoms with van der Waals surface area (Å²) < 4.78 is 4.94. The highest BCUT2D eigenvalue weighted by Gasteiger charge is 2.25. The van der Waals surface area contributed by atoms with Crippen LogP contribution in [0.5, 0.6) is 0 Å². The molecule has 0 aromatic heterocycles. The molecular weight excluding hydrogens is 559 g/mol. The largest absolute Gasteiger partial charge is 0.381 e. The van der Waals surface area contributed by atoms with Gasteiger partial charge in [-0.05, 0) is 91.5 Å². The summed E-state index contributed by atoms with van der Waals surface area (Å²) in [5.74, 6) is 2.83. The molecule has 0 N–H and O–H groups in total. The Morgan fingerprint density at radius 3 is 0.750 bits per heavy atom. The lowest BCUT2D eigenvalue weighted by molar-refractivity contribution is -0.166. The summed E-state index contributed by atoms with van der Waals surface area (Å²) in [6.07, 6.45) is 6.66. The Labute approximate surface area is 287 Å². The summed E-state index contributed by atoms with van der Waals surface area (Å²) >= 11 is 2.07. The van der Waals surface area contributed by atoms with Gasteiger partial charge >= 0.3 is 0 Å². The SMILES string of the molecule is C1CCOC1.C1CCSC1.CC(C)(C)C.CC(C)(C)C.CC(C)(C)C.CC(C)(C)C.CC(C)(C)C.CC(C)(C)N1CCCO1. The maximum Gasteiger partial charge on any atom is 0.0698 e. The smallest absolute Gasteiger partial charge is 0.0698 e. The van der Waals surface area contributed by atoms with Crippen LogP contribution in [0.15, 0.2) is 0 Å². The number of thioether (sulfide) groups is 1. The molecule has 44 heavy (non-hydrogen) atoms. The van der Waals surface area contributed by atoms with Gasteiger partial charge in [-0.15, -0.1) is 0 Å². The van der Waals surface area contributed by atoms with Crippen molar-refractivity contribution in [2.75, 3.05) is 37.9 Å². The lowest BCUT2D eigenvalue weighted by Gasteiger charge is -2.29. The first-order valence-electron chi connectivity index (χ1n) is 17.7. The van der Waals surface area contributed by atoms with E-state index in [0.29, 0.717) is 27.1 Å². The molecule has 0 aliphatic carbocycles. The number of hydrogen-bond acceptors (Lipinski definition) is 4. The van der Waals surface area contributed by atoms with E-state index < -0.39 is 0 Å². The van der Waals surface area contributed by atoms with Crippen LogP contribution in [-0.2, 0) is 9.57 Å². The second-order valence-electron chi connectivity index (χ2n) is 21.1. The Bertz CT molecular complexity index is 437. The van der Waals surface area contributed by atoms with Gasteiger partial charge < -0.3 is 4.74 Å². The molecule has 3 aliphatic rings. The number of rotatable bonds is 0. The molecule has 3 heterocycles. The van der Waals surface area contributed by atoms with E-state index in [1.165, 1.54) is 43.6 Å².